The average molecular weight is 557 g/mol. The Balaban J connectivity index is 2.14. The van der Waals surface area contributed by atoms with Crippen LogP contribution in [-0.4, -0.2) is 56.0 Å². The predicted octanol–water partition coefficient (Wildman–Crippen LogP) is 4.40. The minimum absolute atomic E-state index is 0.00311. The zero-order valence-electron chi connectivity index (χ0n) is 23.1. The van der Waals surface area contributed by atoms with Gasteiger partial charge >= 0.3 is 5.97 Å². The SMILES string of the molecule is COCN(c1nc(OCC(N)CC(C)(C)C)cc(-c2c(C)cccc2C)n1)S(=O)(=O)c1cccc(C(=O)O)c1. The van der Waals surface area contributed by atoms with E-state index < -0.39 is 22.7 Å². The summed E-state index contributed by atoms with van der Waals surface area (Å²) in [6.45, 7) is 9.87. The number of methoxy groups -OCH3 is 1. The number of carbonyl (C=O) groups is 1. The van der Waals surface area contributed by atoms with Gasteiger partial charge in [0, 0.05) is 24.8 Å². The van der Waals surface area contributed by atoms with E-state index in [4.69, 9.17) is 15.2 Å². The number of hydrogen-bond acceptors (Lipinski definition) is 8. The highest BCUT2D eigenvalue weighted by Crippen LogP contribution is 2.31. The molecule has 3 rings (SSSR count). The fourth-order valence-corrected chi connectivity index (χ4v) is 5.57. The van der Waals surface area contributed by atoms with Gasteiger partial charge < -0.3 is 20.3 Å². The summed E-state index contributed by atoms with van der Waals surface area (Å²) in [5.41, 5.74) is 9.26. The summed E-state index contributed by atoms with van der Waals surface area (Å²) in [5, 5.41) is 9.37. The molecule has 10 nitrogen and oxygen atoms in total. The van der Waals surface area contributed by atoms with Gasteiger partial charge in [-0.05, 0) is 55.0 Å². The standard InChI is InChI=1S/C28H36N4O6S/c1-18-9-7-10-19(2)25(18)23-14-24(38-16-21(29)15-28(3,4)5)31-27(30-23)32(17-37-6)39(35,36)22-12-8-11-20(13-22)26(33)34/h7-14,21H,15-17,29H2,1-6H3,(H,33,34). The lowest BCUT2D eigenvalue weighted by atomic mass is 9.89. The van der Waals surface area contributed by atoms with Crippen molar-refractivity contribution >= 4 is 21.9 Å². The number of nitrogens with two attached hydrogens (primary N) is 1. The molecular weight excluding hydrogens is 520 g/mol. The Morgan fingerprint density at radius 3 is 2.31 bits per heavy atom. The molecule has 0 aliphatic carbocycles. The molecule has 0 aliphatic rings. The monoisotopic (exact) mass is 556 g/mol. The molecule has 0 fully saturated rings. The Kier molecular flexibility index (Phi) is 9.31. The Morgan fingerprint density at radius 2 is 1.72 bits per heavy atom. The third-order valence-electron chi connectivity index (χ3n) is 5.89. The number of anilines is 1. The summed E-state index contributed by atoms with van der Waals surface area (Å²) in [7, 11) is -2.98. The van der Waals surface area contributed by atoms with Crippen LogP contribution in [0.3, 0.4) is 0 Å². The second kappa shape index (κ2) is 12.1. The van der Waals surface area contributed by atoms with Gasteiger partial charge in [0.25, 0.3) is 10.0 Å². The molecule has 210 valence electrons. The Hall–Kier alpha value is -3.54. The molecule has 1 aromatic heterocycles. The maximum atomic E-state index is 13.7. The van der Waals surface area contributed by atoms with Crippen molar-refractivity contribution < 1.29 is 27.8 Å². The van der Waals surface area contributed by atoms with Gasteiger partial charge in [-0.1, -0.05) is 45.0 Å². The Morgan fingerprint density at radius 1 is 1.08 bits per heavy atom. The molecule has 11 heteroatoms. The average Bonchev–Trinajstić information content (AvgIpc) is 2.85. The summed E-state index contributed by atoms with van der Waals surface area (Å²) in [6.07, 6.45) is 0.707. The number of benzene rings is 2. The Bertz CT molecular complexity index is 1420. The third-order valence-corrected chi connectivity index (χ3v) is 7.59. The van der Waals surface area contributed by atoms with Gasteiger partial charge in [-0.25, -0.2) is 22.5 Å². The van der Waals surface area contributed by atoms with E-state index in [1.165, 1.54) is 25.3 Å². The molecule has 0 aliphatic heterocycles. The lowest BCUT2D eigenvalue weighted by molar-refractivity contribution is 0.0696. The normalized spacial score (nSPS) is 12.7. The molecule has 0 amide bonds. The summed E-state index contributed by atoms with van der Waals surface area (Å²) in [4.78, 5) is 20.3. The highest BCUT2D eigenvalue weighted by molar-refractivity contribution is 7.92. The van der Waals surface area contributed by atoms with Crippen molar-refractivity contribution in [2.75, 3.05) is 24.8 Å². The van der Waals surface area contributed by atoms with Crippen molar-refractivity contribution in [3.05, 3.63) is 65.2 Å². The van der Waals surface area contributed by atoms with Crippen LogP contribution in [0.5, 0.6) is 5.88 Å². The number of sulfonamides is 1. The predicted molar refractivity (Wildman–Crippen MR) is 149 cm³/mol. The first-order valence-electron chi connectivity index (χ1n) is 12.4. The van der Waals surface area contributed by atoms with E-state index in [0.717, 1.165) is 27.1 Å². The van der Waals surface area contributed by atoms with Gasteiger partial charge in [0.15, 0.2) is 0 Å². The fourth-order valence-electron chi connectivity index (χ4n) is 4.25. The number of carboxylic acid groups (broad SMARTS) is 1. The van der Waals surface area contributed by atoms with Gasteiger partial charge in [0.05, 0.1) is 16.2 Å². The van der Waals surface area contributed by atoms with Crippen LogP contribution in [0.25, 0.3) is 11.3 Å². The van der Waals surface area contributed by atoms with E-state index in [2.05, 4.69) is 30.7 Å². The Labute approximate surface area is 229 Å². The van der Waals surface area contributed by atoms with Crippen molar-refractivity contribution in [2.24, 2.45) is 11.1 Å². The summed E-state index contributed by atoms with van der Waals surface area (Å²) in [6, 6.07) is 12.2. The van der Waals surface area contributed by atoms with Crippen LogP contribution >= 0.6 is 0 Å². The molecule has 1 unspecified atom stereocenters. The van der Waals surface area contributed by atoms with Crippen LogP contribution in [-0.2, 0) is 14.8 Å². The maximum absolute atomic E-state index is 13.7. The summed E-state index contributed by atoms with van der Waals surface area (Å²) in [5.74, 6) is -1.28. The van der Waals surface area contributed by atoms with E-state index in [1.54, 1.807) is 6.07 Å². The number of aromatic nitrogens is 2. The van der Waals surface area contributed by atoms with Crippen LogP contribution in [0.15, 0.2) is 53.4 Å². The largest absolute Gasteiger partial charge is 0.478 e. The van der Waals surface area contributed by atoms with E-state index >= 15 is 0 Å². The number of aromatic carboxylic acids is 1. The molecular formula is C28H36N4O6S. The molecule has 0 spiro atoms. The first-order chi connectivity index (χ1) is 18.2. The number of aryl methyl sites for hydroxylation is 2. The maximum Gasteiger partial charge on any atom is 0.335 e. The smallest absolute Gasteiger partial charge is 0.335 e. The second-order valence-electron chi connectivity index (χ2n) is 10.6. The molecule has 1 heterocycles. The van der Waals surface area contributed by atoms with Crippen LogP contribution < -0.4 is 14.8 Å². The van der Waals surface area contributed by atoms with Crippen molar-refractivity contribution in [3.63, 3.8) is 0 Å². The number of hydrogen-bond donors (Lipinski definition) is 2. The lowest BCUT2D eigenvalue weighted by Gasteiger charge is -2.24. The zero-order valence-corrected chi connectivity index (χ0v) is 23.9. The van der Waals surface area contributed by atoms with Crippen LogP contribution in [0.2, 0.25) is 0 Å². The third kappa shape index (κ3) is 7.53. The van der Waals surface area contributed by atoms with Gasteiger partial charge in [-0.3, -0.25) is 0 Å². The fraction of sp³-hybridized carbons (Fsp3) is 0.393. The molecule has 0 saturated heterocycles. The number of nitrogens with zero attached hydrogens (tertiary/aromatic N) is 3. The number of carboxylic acids is 1. The van der Waals surface area contributed by atoms with Crippen molar-refractivity contribution in [3.8, 4) is 17.1 Å². The number of ether oxygens (including phenoxy) is 2. The first kappa shape index (κ1) is 30.0. The highest BCUT2D eigenvalue weighted by atomic mass is 32.2. The molecule has 3 aromatic rings. The van der Waals surface area contributed by atoms with Crippen LogP contribution in [0, 0.1) is 19.3 Å². The van der Waals surface area contributed by atoms with Gasteiger partial charge in [-0.2, -0.15) is 4.98 Å². The summed E-state index contributed by atoms with van der Waals surface area (Å²) >= 11 is 0. The van der Waals surface area contributed by atoms with Crippen molar-refractivity contribution in [2.45, 2.75) is 52.0 Å². The molecule has 39 heavy (non-hydrogen) atoms. The summed E-state index contributed by atoms with van der Waals surface area (Å²) < 4.78 is 39.5. The van der Waals surface area contributed by atoms with Crippen molar-refractivity contribution in [1.29, 1.82) is 0 Å². The molecule has 1 atom stereocenters. The van der Waals surface area contributed by atoms with E-state index in [0.29, 0.717) is 12.1 Å². The second-order valence-corrected chi connectivity index (χ2v) is 12.5. The number of rotatable bonds is 11. The lowest BCUT2D eigenvalue weighted by Crippen LogP contribution is -2.35. The molecule has 2 aromatic carbocycles. The topological polar surface area (TPSA) is 145 Å². The van der Waals surface area contributed by atoms with Gasteiger partial charge in [0.1, 0.15) is 13.3 Å². The zero-order chi connectivity index (χ0) is 29.0. The van der Waals surface area contributed by atoms with Gasteiger partial charge in [0.2, 0.25) is 11.8 Å². The van der Waals surface area contributed by atoms with E-state index in [-0.39, 0.29) is 40.4 Å². The quantitative estimate of drug-likeness (QED) is 0.328. The molecule has 0 radical (unpaired) electrons. The minimum Gasteiger partial charge on any atom is -0.478 e. The van der Waals surface area contributed by atoms with Crippen LogP contribution in [0.4, 0.5) is 5.95 Å². The molecule has 0 saturated carbocycles. The minimum atomic E-state index is -4.32. The van der Waals surface area contributed by atoms with Gasteiger partial charge in [-0.15, -0.1) is 0 Å². The molecule has 0 bridgehead atoms. The van der Waals surface area contributed by atoms with E-state index in [9.17, 15) is 18.3 Å². The van der Waals surface area contributed by atoms with Crippen molar-refractivity contribution in [1.82, 2.24) is 9.97 Å². The highest BCUT2D eigenvalue weighted by Gasteiger charge is 2.29. The first-order valence-corrected chi connectivity index (χ1v) is 13.9. The molecule has 3 N–H and O–H groups in total. The van der Waals surface area contributed by atoms with E-state index in [1.807, 2.05) is 32.0 Å². The van der Waals surface area contributed by atoms with Crippen LogP contribution in [0.1, 0.15) is 48.7 Å².